The van der Waals surface area contributed by atoms with Crippen LogP contribution in [-0.2, 0) is 5.41 Å². The molecule has 3 aliphatic rings. The lowest BCUT2D eigenvalue weighted by Crippen LogP contribution is -2.26. The first-order valence-electron chi connectivity index (χ1n) is 19.8. The van der Waals surface area contributed by atoms with Crippen LogP contribution in [0.4, 0.5) is 28.4 Å². The summed E-state index contributed by atoms with van der Waals surface area (Å²) in [5, 5.41) is 0. The van der Waals surface area contributed by atoms with Crippen molar-refractivity contribution in [3.05, 3.63) is 252 Å². The largest absolute Gasteiger partial charge is 0.315 e. The third-order valence-corrected chi connectivity index (χ3v) is 12.8. The molecule has 1 unspecified atom stereocenters. The van der Waals surface area contributed by atoms with Crippen LogP contribution >= 0.6 is 11.8 Å². The smallest absolute Gasteiger partial charge is 0.0727 e. The maximum absolute atomic E-state index is 4.33. The third-order valence-electron chi connectivity index (χ3n) is 11.8. The van der Waals surface area contributed by atoms with Gasteiger partial charge in [0, 0.05) is 38.6 Å². The monoisotopic (exact) mass is 758 g/mol. The van der Waals surface area contributed by atoms with Crippen molar-refractivity contribution in [3.8, 4) is 33.4 Å². The van der Waals surface area contributed by atoms with Gasteiger partial charge >= 0.3 is 0 Å². The van der Waals surface area contributed by atoms with Gasteiger partial charge in [-0.05, 0) is 117 Å². The van der Waals surface area contributed by atoms with Gasteiger partial charge in [0.15, 0.2) is 0 Å². The first kappa shape index (κ1) is 34.2. The quantitative estimate of drug-likeness (QED) is 0.173. The Bertz CT molecular complexity index is 2950. The molecule has 8 aromatic rings. The summed E-state index contributed by atoms with van der Waals surface area (Å²) < 4.78 is 0. The van der Waals surface area contributed by atoms with Crippen molar-refractivity contribution in [2.45, 2.75) is 10.3 Å². The Labute approximate surface area is 344 Å². The number of rotatable bonds is 5. The number of para-hydroxylation sites is 2. The SMILES string of the molecule is C=C1/C=C\C=C/N(c2cccc3c2-c2ccccc2C32c3ccccc3-c3ccc(N(c4ccccc4)c4ccc(-c5ccccc5)cc4)cc32)c2ccccc2S1. The number of hydrogen-bond donors (Lipinski definition) is 0. The van der Waals surface area contributed by atoms with Gasteiger partial charge < -0.3 is 9.80 Å². The standard InChI is InChI=1S/C55H38N2S/c1-38-17-14-15-36-56(51-27-12-13-29-53(51)58-38)52-28-16-26-49-54(52)46-23-9-11-25-48(46)55(49)47-24-10-8-22-44(47)45-35-34-43(37-50(45)55)57(41-20-6-3-7-21-41)42-32-30-40(31-33-42)39-18-4-2-5-19-39/h2-37H,1H2/b17-14-,36-15-. The molecule has 3 heteroatoms. The average molecular weight is 759 g/mol. The summed E-state index contributed by atoms with van der Waals surface area (Å²) in [6, 6.07) is 71.1. The van der Waals surface area contributed by atoms with Gasteiger partial charge in [0.1, 0.15) is 0 Å². The van der Waals surface area contributed by atoms with Crippen molar-refractivity contribution in [1.82, 2.24) is 0 Å². The van der Waals surface area contributed by atoms with Gasteiger partial charge in [-0.1, -0.05) is 164 Å². The summed E-state index contributed by atoms with van der Waals surface area (Å²) in [7, 11) is 0. The Kier molecular flexibility index (Phi) is 8.16. The minimum absolute atomic E-state index is 0.533. The molecule has 274 valence electrons. The van der Waals surface area contributed by atoms with E-state index in [-0.39, 0.29) is 0 Å². The summed E-state index contributed by atoms with van der Waals surface area (Å²) in [6.07, 6.45) is 8.50. The van der Waals surface area contributed by atoms with Crippen LogP contribution in [0, 0.1) is 0 Å². The molecule has 58 heavy (non-hydrogen) atoms. The molecule has 11 rings (SSSR count). The van der Waals surface area contributed by atoms with E-state index in [4.69, 9.17) is 0 Å². The fourth-order valence-electron chi connectivity index (χ4n) is 9.46. The average Bonchev–Trinajstić information content (AvgIpc) is 3.77. The maximum atomic E-state index is 4.33. The van der Waals surface area contributed by atoms with Crippen molar-refractivity contribution in [2.75, 3.05) is 9.80 Å². The van der Waals surface area contributed by atoms with E-state index in [1.807, 2.05) is 0 Å². The minimum Gasteiger partial charge on any atom is -0.315 e. The van der Waals surface area contributed by atoms with E-state index in [1.54, 1.807) is 11.8 Å². The highest BCUT2D eigenvalue weighted by atomic mass is 32.2. The minimum atomic E-state index is -0.533. The van der Waals surface area contributed by atoms with Gasteiger partial charge in [0.25, 0.3) is 0 Å². The number of nitrogens with zero attached hydrogens (tertiary/aromatic N) is 2. The lowest BCUT2D eigenvalue weighted by Gasteiger charge is -2.32. The van der Waals surface area contributed by atoms with Crippen LogP contribution in [0.5, 0.6) is 0 Å². The number of hydrogen-bond acceptors (Lipinski definition) is 3. The summed E-state index contributed by atoms with van der Waals surface area (Å²) in [6.45, 7) is 4.33. The zero-order valence-electron chi connectivity index (χ0n) is 31.8. The van der Waals surface area contributed by atoms with Crippen LogP contribution in [-0.4, -0.2) is 0 Å². The third kappa shape index (κ3) is 5.28. The van der Waals surface area contributed by atoms with E-state index >= 15 is 0 Å². The number of benzene rings is 8. The van der Waals surface area contributed by atoms with E-state index in [9.17, 15) is 0 Å². The summed E-state index contributed by atoms with van der Waals surface area (Å²) in [5.41, 5.74) is 17.8. The lowest BCUT2D eigenvalue weighted by molar-refractivity contribution is 0.793. The van der Waals surface area contributed by atoms with Crippen molar-refractivity contribution >= 4 is 40.2 Å². The molecule has 0 N–H and O–H groups in total. The molecular formula is C55H38N2S. The second kappa shape index (κ2) is 13.8. The molecule has 1 spiro atoms. The van der Waals surface area contributed by atoms with Gasteiger partial charge in [-0.25, -0.2) is 0 Å². The van der Waals surface area contributed by atoms with Crippen LogP contribution in [0.3, 0.4) is 0 Å². The second-order valence-corrected chi connectivity index (χ2v) is 16.1. The number of fused-ring (bicyclic) bond motifs is 11. The molecule has 0 aromatic heterocycles. The first-order chi connectivity index (χ1) is 28.7. The van der Waals surface area contributed by atoms with E-state index < -0.39 is 5.41 Å². The highest BCUT2D eigenvalue weighted by Gasteiger charge is 2.52. The fraction of sp³-hybridized carbons (Fsp3) is 0.0182. The van der Waals surface area contributed by atoms with Gasteiger partial charge in [0.05, 0.1) is 16.8 Å². The zero-order valence-corrected chi connectivity index (χ0v) is 32.6. The Morgan fingerprint density at radius 3 is 1.84 bits per heavy atom. The highest BCUT2D eigenvalue weighted by molar-refractivity contribution is 8.03. The number of anilines is 5. The molecule has 0 fully saturated rings. The molecular weight excluding hydrogens is 721 g/mol. The van der Waals surface area contributed by atoms with Gasteiger partial charge in [0.2, 0.25) is 0 Å². The molecule has 1 atom stereocenters. The Morgan fingerprint density at radius 2 is 1.03 bits per heavy atom. The van der Waals surface area contributed by atoms with E-state index in [1.165, 1.54) is 60.5 Å². The van der Waals surface area contributed by atoms with Crippen LogP contribution in [0.25, 0.3) is 33.4 Å². The van der Waals surface area contributed by atoms with Crippen LogP contribution in [0.15, 0.2) is 235 Å². The Morgan fingerprint density at radius 1 is 0.448 bits per heavy atom. The summed E-state index contributed by atoms with van der Waals surface area (Å²) in [4.78, 5) is 6.94. The predicted molar refractivity (Wildman–Crippen MR) is 245 cm³/mol. The fourth-order valence-corrected chi connectivity index (χ4v) is 10.3. The van der Waals surface area contributed by atoms with Gasteiger partial charge in [-0.2, -0.15) is 0 Å². The summed E-state index contributed by atoms with van der Waals surface area (Å²) in [5.74, 6) is 0. The number of thioether (sulfide) groups is 1. The molecule has 1 heterocycles. The van der Waals surface area contributed by atoms with Crippen molar-refractivity contribution in [2.24, 2.45) is 0 Å². The molecule has 2 aliphatic carbocycles. The topological polar surface area (TPSA) is 6.48 Å². The molecule has 1 aliphatic heterocycles. The lowest BCUT2D eigenvalue weighted by atomic mass is 9.70. The molecule has 0 amide bonds. The van der Waals surface area contributed by atoms with Gasteiger partial charge in [-0.3, -0.25) is 0 Å². The van der Waals surface area contributed by atoms with Crippen molar-refractivity contribution in [1.29, 1.82) is 0 Å². The highest BCUT2D eigenvalue weighted by Crippen LogP contribution is 2.65. The second-order valence-electron chi connectivity index (χ2n) is 15.0. The normalized spacial score (nSPS) is 16.9. The van der Waals surface area contributed by atoms with Crippen LogP contribution < -0.4 is 9.80 Å². The molecule has 8 aromatic carbocycles. The molecule has 0 saturated carbocycles. The van der Waals surface area contributed by atoms with E-state index in [0.29, 0.717) is 0 Å². The molecule has 0 bridgehead atoms. The van der Waals surface area contributed by atoms with E-state index in [0.717, 1.165) is 33.3 Å². The van der Waals surface area contributed by atoms with E-state index in [2.05, 4.69) is 235 Å². The molecule has 0 radical (unpaired) electrons. The zero-order chi connectivity index (χ0) is 38.6. The van der Waals surface area contributed by atoms with Crippen LogP contribution in [0.2, 0.25) is 0 Å². The van der Waals surface area contributed by atoms with Crippen molar-refractivity contribution in [3.63, 3.8) is 0 Å². The molecule has 0 saturated heterocycles. The Hall–Kier alpha value is -7.07. The predicted octanol–water partition coefficient (Wildman–Crippen LogP) is 15.0. The molecule has 2 nitrogen and oxygen atoms in total. The van der Waals surface area contributed by atoms with Gasteiger partial charge in [-0.15, -0.1) is 0 Å². The summed E-state index contributed by atoms with van der Waals surface area (Å²) >= 11 is 1.71. The maximum Gasteiger partial charge on any atom is 0.0727 e. The Balaban J connectivity index is 1.15. The number of allylic oxidation sites excluding steroid dienone is 3. The van der Waals surface area contributed by atoms with Crippen molar-refractivity contribution < 1.29 is 0 Å². The first-order valence-corrected chi connectivity index (χ1v) is 20.6. The van der Waals surface area contributed by atoms with Crippen LogP contribution in [0.1, 0.15) is 22.3 Å².